The first-order chi connectivity index (χ1) is 20.4. The maximum atomic E-state index is 11.8. The number of carbonyl (C=O) groups excluding carboxylic acids is 2. The van der Waals surface area contributed by atoms with Crippen molar-refractivity contribution >= 4 is 30.0 Å². The summed E-state index contributed by atoms with van der Waals surface area (Å²) in [6.07, 6.45) is 9.83. The molecule has 4 N–H and O–H groups in total. The summed E-state index contributed by atoms with van der Waals surface area (Å²) in [4.78, 5) is 49.4. The number of Topliss-reactive ketones (excluding diaryl/α,β-unsaturated/α-hetero) is 1. The van der Waals surface area contributed by atoms with Crippen molar-refractivity contribution in [2.45, 2.75) is 44.9 Å². The predicted molar refractivity (Wildman–Crippen MR) is 163 cm³/mol. The largest absolute Gasteiger partial charge is 0.466 e. The number of aromatic amines is 1. The Bertz CT molecular complexity index is 1330. The first-order valence-corrected chi connectivity index (χ1v) is 14.0. The van der Waals surface area contributed by atoms with E-state index in [1.807, 2.05) is 12.1 Å². The number of nitrogen functional groups attached to an aromatic ring is 1. The number of nitrogens with one attached hydrogen (secondary N) is 2. The quantitative estimate of drug-likeness (QED) is 0.154. The van der Waals surface area contributed by atoms with E-state index < -0.39 is 5.97 Å². The Kier molecular flexibility index (Phi) is 15.7. The molecular weight excluding hydrogens is 576 g/mol. The topological polar surface area (TPSA) is 183 Å². The number of nitrogens with zero attached hydrogens (tertiary/aromatic N) is 3. The number of ketones is 1. The number of nitrogens with two attached hydrogens (primary N) is 1. The molecule has 3 aromatic heterocycles. The third-order valence-corrected chi connectivity index (χ3v) is 6.65. The Labute approximate surface area is 256 Å². The third kappa shape index (κ3) is 12.4. The lowest BCUT2D eigenvalue weighted by molar-refractivity contribution is -0.146. The zero-order valence-electron chi connectivity index (χ0n) is 24.2. The van der Waals surface area contributed by atoms with Gasteiger partial charge in [0.15, 0.2) is 0 Å². The fourth-order valence-electron chi connectivity index (χ4n) is 4.38. The molecule has 0 unspecified atom stereocenters. The molecule has 232 valence electrons. The summed E-state index contributed by atoms with van der Waals surface area (Å²) < 4.78 is 15.2. The third-order valence-electron chi connectivity index (χ3n) is 6.65. The maximum Gasteiger partial charge on any atom is 0.313 e. The van der Waals surface area contributed by atoms with Gasteiger partial charge < -0.3 is 24.9 Å². The van der Waals surface area contributed by atoms with Crippen molar-refractivity contribution in [2.24, 2.45) is 11.7 Å². The number of hydrogen-bond donors (Lipinski definition) is 3. The van der Waals surface area contributed by atoms with Gasteiger partial charge in [-0.3, -0.25) is 29.8 Å². The smallest absolute Gasteiger partial charge is 0.313 e. The molecule has 2 saturated heterocycles. The molecule has 0 saturated carbocycles. The highest BCUT2D eigenvalue weighted by molar-refractivity contribution is 5.96. The average molecular weight is 615 g/mol. The number of esters is 1. The number of rotatable bonds is 7. The molecule has 0 radical (unpaired) electrons. The van der Waals surface area contributed by atoms with Crippen LogP contribution in [-0.2, 0) is 23.8 Å². The highest BCUT2D eigenvalue weighted by Gasteiger charge is 2.23. The fourth-order valence-corrected chi connectivity index (χ4v) is 4.38. The molecule has 3 aromatic rings. The molecule has 43 heavy (non-hydrogen) atoms. The molecular formula is C30H39ClN6O6. The zero-order chi connectivity index (χ0) is 30.2. The lowest BCUT2D eigenvalue weighted by Gasteiger charge is -2.21. The molecule has 0 aliphatic carbocycles. The van der Waals surface area contributed by atoms with Crippen LogP contribution in [0.2, 0.25) is 0 Å². The highest BCUT2D eigenvalue weighted by atomic mass is 35.5. The van der Waals surface area contributed by atoms with Gasteiger partial charge in [-0.25, -0.2) is 4.98 Å². The maximum absolute atomic E-state index is 11.8. The van der Waals surface area contributed by atoms with Gasteiger partial charge in [0.05, 0.1) is 12.3 Å². The molecule has 0 aromatic carbocycles. The Hall–Kier alpha value is -4.00. The number of amidine groups is 1. The van der Waals surface area contributed by atoms with E-state index in [0.717, 1.165) is 50.2 Å². The van der Waals surface area contributed by atoms with Gasteiger partial charge >= 0.3 is 5.97 Å². The lowest BCUT2D eigenvalue weighted by atomic mass is 9.94. The SMILES string of the molecule is CCOC(=O)CC(=O)C1CCOCC1.Cl.N=C(N)c1ccncc1.O=c1cc(C2CCOCC2)nc(-c2ccncc2)[nH]1. The summed E-state index contributed by atoms with van der Waals surface area (Å²) in [5, 5.41) is 6.99. The summed E-state index contributed by atoms with van der Waals surface area (Å²) in [5.74, 6) is 0.578. The minimum Gasteiger partial charge on any atom is -0.466 e. The van der Waals surface area contributed by atoms with Crippen LogP contribution in [0.3, 0.4) is 0 Å². The number of pyridine rings is 2. The van der Waals surface area contributed by atoms with Crippen LogP contribution in [0, 0.1) is 11.3 Å². The second kappa shape index (κ2) is 19.2. The van der Waals surface area contributed by atoms with Crippen LogP contribution in [-0.4, -0.2) is 70.6 Å². The van der Waals surface area contributed by atoms with Gasteiger partial charge in [-0.1, -0.05) is 0 Å². The molecule has 5 heterocycles. The summed E-state index contributed by atoms with van der Waals surface area (Å²) in [6.45, 7) is 4.79. The van der Waals surface area contributed by atoms with E-state index in [-0.39, 0.29) is 41.9 Å². The second-order valence-electron chi connectivity index (χ2n) is 9.63. The molecule has 0 atom stereocenters. The molecule has 5 rings (SSSR count). The van der Waals surface area contributed by atoms with Crippen molar-refractivity contribution < 1.29 is 23.8 Å². The Morgan fingerprint density at radius 1 is 0.977 bits per heavy atom. The number of hydrogen-bond acceptors (Lipinski definition) is 10. The van der Waals surface area contributed by atoms with Crippen molar-refractivity contribution in [2.75, 3.05) is 33.0 Å². The van der Waals surface area contributed by atoms with Crippen LogP contribution < -0.4 is 11.3 Å². The van der Waals surface area contributed by atoms with E-state index in [2.05, 4.69) is 19.9 Å². The van der Waals surface area contributed by atoms with Crippen molar-refractivity contribution in [3.05, 3.63) is 76.7 Å². The Morgan fingerprint density at radius 2 is 1.53 bits per heavy atom. The van der Waals surface area contributed by atoms with Crippen LogP contribution in [0.15, 0.2) is 59.9 Å². The summed E-state index contributed by atoms with van der Waals surface area (Å²) in [5.41, 5.74) is 7.51. The Balaban J connectivity index is 0.000000238. The van der Waals surface area contributed by atoms with Gasteiger partial charge in [-0.05, 0) is 56.9 Å². The van der Waals surface area contributed by atoms with Crippen molar-refractivity contribution in [3.8, 4) is 11.4 Å². The van der Waals surface area contributed by atoms with E-state index in [9.17, 15) is 14.4 Å². The first-order valence-electron chi connectivity index (χ1n) is 14.0. The summed E-state index contributed by atoms with van der Waals surface area (Å²) >= 11 is 0. The van der Waals surface area contributed by atoms with E-state index in [1.54, 1.807) is 49.9 Å². The van der Waals surface area contributed by atoms with Crippen molar-refractivity contribution in [1.82, 2.24) is 19.9 Å². The van der Waals surface area contributed by atoms with Gasteiger partial charge in [0.2, 0.25) is 0 Å². The lowest BCUT2D eigenvalue weighted by Crippen LogP contribution is -2.25. The molecule has 12 nitrogen and oxygen atoms in total. The molecule has 0 spiro atoms. The zero-order valence-corrected chi connectivity index (χ0v) is 25.0. The second-order valence-corrected chi connectivity index (χ2v) is 9.63. The minimum absolute atomic E-state index is 0. The number of ether oxygens (including phenoxy) is 3. The monoisotopic (exact) mass is 614 g/mol. The van der Waals surface area contributed by atoms with Gasteiger partial charge in [0.1, 0.15) is 23.9 Å². The van der Waals surface area contributed by atoms with E-state index >= 15 is 0 Å². The van der Waals surface area contributed by atoms with E-state index in [4.69, 9.17) is 25.4 Å². The number of halogens is 1. The molecule has 0 amide bonds. The van der Waals surface area contributed by atoms with E-state index in [0.29, 0.717) is 37.1 Å². The van der Waals surface area contributed by atoms with Crippen molar-refractivity contribution in [1.29, 1.82) is 5.41 Å². The number of carbonyl (C=O) groups is 2. The van der Waals surface area contributed by atoms with Gasteiger partial charge in [-0.15, -0.1) is 12.4 Å². The number of aromatic nitrogens is 4. The van der Waals surface area contributed by atoms with Crippen molar-refractivity contribution in [3.63, 3.8) is 0 Å². The Morgan fingerprint density at radius 3 is 2.07 bits per heavy atom. The fraction of sp³-hybridized carbons (Fsp3) is 0.433. The van der Waals surface area contributed by atoms with Crippen LogP contribution in [0.1, 0.15) is 56.2 Å². The molecule has 2 aliphatic heterocycles. The van der Waals surface area contributed by atoms with Gasteiger partial charge in [0, 0.05) is 80.2 Å². The van der Waals surface area contributed by atoms with Crippen LogP contribution >= 0.6 is 12.4 Å². The average Bonchev–Trinajstić information content (AvgIpc) is 3.03. The minimum atomic E-state index is -0.413. The van der Waals surface area contributed by atoms with E-state index in [1.165, 1.54) is 0 Å². The highest BCUT2D eigenvalue weighted by Crippen LogP contribution is 2.25. The molecule has 13 heteroatoms. The molecule has 0 bridgehead atoms. The summed E-state index contributed by atoms with van der Waals surface area (Å²) in [7, 11) is 0. The van der Waals surface area contributed by atoms with Crippen LogP contribution in [0.4, 0.5) is 0 Å². The standard InChI is InChI=1S/C14H15N3O2.C10H16O4.C6H7N3.ClH/c18-13-9-12(10-3-7-19-8-4-10)16-14(17-13)11-1-5-15-6-2-11;1-2-14-10(12)7-9(11)8-3-5-13-6-4-8;7-6(8)5-1-3-9-4-2-5;/h1-2,5-6,9-10H,3-4,7-8H2,(H,16,17,18);8H,2-7H2,1H3;1-4H,(H3,7,8);1H. The van der Waals surface area contributed by atoms with Crippen LogP contribution in [0.25, 0.3) is 11.4 Å². The predicted octanol–water partition coefficient (Wildman–Crippen LogP) is 3.45. The van der Waals surface area contributed by atoms with Gasteiger partial charge in [0.25, 0.3) is 5.56 Å². The number of H-pyrrole nitrogens is 1. The summed E-state index contributed by atoms with van der Waals surface area (Å²) in [6, 6.07) is 8.67. The van der Waals surface area contributed by atoms with Crippen LogP contribution in [0.5, 0.6) is 0 Å². The first kappa shape index (κ1) is 35.2. The normalized spacial score (nSPS) is 14.9. The molecule has 2 aliphatic rings. The van der Waals surface area contributed by atoms with Gasteiger partial charge in [-0.2, -0.15) is 0 Å². The molecule has 2 fully saturated rings.